The second kappa shape index (κ2) is 7.64. The van der Waals surface area contributed by atoms with Crippen LogP contribution in [-0.2, 0) is 5.75 Å². The maximum Gasteiger partial charge on any atom is 0.324 e. The summed E-state index contributed by atoms with van der Waals surface area (Å²) in [6.07, 6.45) is 0. The Balaban J connectivity index is 1.66. The molecule has 0 radical (unpaired) electrons. The Labute approximate surface area is 183 Å². The predicted octanol–water partition coefficient (Wildman–Crippen LogP) is 4.60. The summed E-state index contributed by atoms with van der Waals surface area (Å²) in [7, 11) is 0. The molecule has 0 spiro atoms. The van der Waals surface area contributed by atoms with E-state index in [1.54, 1.807) is 22.1 Å². The molecule has 3 heterocycles. The van der Waals surface area contributed by atoms with E-state index in [2.05, 4.69) is 10.2 Å². The normalized spacial score (nSPS) is 11.4. The smallest absolute Gasteiger partial charge is 0.268 e. The number of aryl methyl sites for hydroxylation is 1. The first-order valence-corrected chi connectivity index (χ1v) is 11.2. The molecule has 0 N–H and O–H groups in total. The lowest BCUT2D eigenvalue weighted by Gasteiger charge is -2.11. The number of thiophene rings is 1. The summed E-state index contributed by atoms with van der Waals surface area (Å²) < 4.78 is 3.43. The van der Waals surface area contributed by atoms with E-state index in [0.717, 1.165) is 28.0 Å². The Morgan fingerprint density at radius 2 is 1.90 bits per heavy atom. The van der Waals surface area contributed by atoms with Crippen LogP contribution in [0.3, 0.4) is 0 Å². The van der Waals surface area contributed by atoms with Crippen molar-refractivity contribution in [2.45, 2.75) is 17.8 Å². The number of rotatable bonds is 5. The number of benzene rings is 2. The minimum atomic E-state index is -0.390. The van der Waals surface area contributed by atoms with Gasteiger partial charge < -0.3 is 0 Å². The maximum absolute atomic E-state index is 13.3. The van der Waals surface area contributed by atoms with Crippen LogP contribution < -0.4 is 5.56 Å². The molecule has 5 rings (SSSR count). The molecule has 5 aromatic rings. The summed E-state index contributed by atoms with van der Waals surface area (Å²) in [6, 6.07) is 16.6. The van der Waals surface area contributed by atoms with Crippen LogP contribution >= 0.6 is 23.1 Å². The number of aromatic nitrogens is 4. The molecule has 0 aliphatic heterocycles. The second-order valence-electron chi connectivity index (χ2n) is 6.95. The summed E-state index contributed by atoms with van der Waals surface area (Å²) >= 11 is 2.52. The van der Waals surface area contributed by atoms with Crippen LogP contribution in [0.25, 0.3) is 22.4 Å². The third-order valence-electron chi connectivity index (χ3n) is 4.87. The van der Waals surface area contributed by atoms with Crippen molar-refractivity contribution in [3.63, 3.8) is 0 Å². The van der Waals surface area contributed by atoms with Gasteiger partial charge in [0.05, 0.1) is 21.5 Å². The molecular formula is C21H15N5O3S2. The van der Waals surface area contributed by atoms with Gasteiger partial charge in [-0.05, 0) is 36.8 Å². The number of hydrogen-bond acceptors (Lipinski definition) is 7. The maximum atomic E-state index is 13.3. The van der Waals surface area contributed by atoms with E-state index in [-0.39, 0.29) is 15.5 Å². The fourth-order valence-corrected chi connectivity index (χ4v) is 5.09. The Morgan fingerprint density at radius 3 is 2.65 bits per heavy atom. The van der Waals surface area contributed by atoms with E-state index in [4.69, 9.17) is 0 Å². The van der Waals surface area contributed by atoms with Gasteiger partial charge in [-0.2, -0.15) is 0 Å². The van der Waals surface area contributed by atoms with Gasteiger partial charge in [-0.15, -0.1) is 10.2 Å². The highest BCUT2D eigenvalue weighted by Crippen LogP contribution is 2.29. The minimum absolute atomic E-state index is 0.111. The predicted molar refractivity (Wildman–Crippen MR) is 121 cm³/mol. The molecule has 0 amide bonds. The van der Waals surface area contributed by atoms with Crippen LogP contribution in [0, 0.1) is 17.0 Å². The van der Waals surface area contributed by atoms with Crippen LogP contribution in [0.15, 0.2) is 69.9 Å². The molecule has 0 bridgehead atoms. The molecule has 0 atom stereocenters. The summed E-state index contributed by atoms with van der Waals surface area (Å²) in [6.45, 7) is 1.99. The largest absolute Gasteiger partial charge is 0.324 e. The minimum Gasteiger partial charge on any atom is -0.268 e. The van der Waals surface area contributed by atoms with E-state index >= 15 is 0 Å². The fraction of sp³-hybridized carbons (Fsp3) is 0.0952. The quantitative estimate of drug-likeness (QED) is 0.221. The van der Waals surface area contributed by atoms with Crippen LogP contribution in [0.4, 0.5) is 5.00 Å². The van der Waals surface area contributed by atoms with Gasteiger partial charge in [-0.3, -0.25) is 19.3 Å². The molecule has 0 aliphatic rings. The van der Waals surface area contributed by atoms with E-state index in [1.165, 1.54) is 11.8 Å². The van der Waals surface area contributed by atoms with Crippen molar-refractivity contribution in [3.8, 4) is 5.69 Å². The lowest BCUT2D eigenvalue weighted by atomic mass is 10.2. The highest BCUT2D eigenvalue weighted by Gasteiger charge is 2.18. The topological polar surface area (TPSA) is 95.3 Å². The number of fused-ring (bicyclic) bond motifs is 3. The van der Waals surface area contributed by atoms with Crippen molar-refractivity contribution >= 4 is 44.8 Å². The van der Waals surface area contributed by atoms with Crippen LogP contribution in [-0.4, -0.2) is 24.1 Å². The van der Waals surface area contributed by atoms with Gasteiger partial charge in [0.15, 0.2) is 5.16 Å². The number of hydrogen-bond donors (Lipinski definition) is 0. The van der Waals surface area contributed by atoms with Gasteiger partial charge in [0, 0.05) is 17.2 Å². The first-order valence-electron chi connectivity index (χ1n) is 9.33. The van der Waals surface area contributed by atoms with Crippen LogP contribution in [0.5, 0.6) is 0 Å². The highest BCUT2D eigenvalue weighted by atomic mass is 32.2. The average Bonchev–Trinajstić information content (AvgIpc) is 3.41. The van der Waals surface area contributed by atoms with Gasteiger partial charge in [-0.1, -0.05) is 52.9 Å². The Morgan fingerprint density at radius 1 is 1.13 bits per heavy atom. The third-order valence-corrected chi connectivity index (χ3v) is 6.80. The Kier molecular flexibility index (Phi) is 4.79. The SMILES string of the molecule is Cc1ccc(-n2c(=O)c3ccccc3n3c(SCc4csc([N+](=O)[O-])c4)nnc23)cc1. The van der Waals surface area contributed by atoms with Gasteiger partial charge in [-0.25, -0.2) is 4.57 Å². The number of nitro groups is 1. The molecule has 0 aliphatic carbocycles. The van der Waals surface area contributed by atoms with Crippen LogP contribution in [0.1, 0.15) is 11.1 Å². The zero-order valence-electron chi connectivity index (χ0n) is 16.3. The molecule has 154 valence electrons. The second-order valence-corrected chi connectivity index (χ2v) is 8.78. The monoisotopic (exact) mass is 449 g/mol. The van der Waals surface area contributed by atoms with Crippen molar-refractivity contribution in [2.75, 3.05) is 0 Å². The van der Waals surface area contributed by atoms with Gasteiger partial charge in [0.2, 0.25) is 5.78 Å². The summed E-state index contributed by atoms with van der Waals surface area (Å²) in [5, 5.41) is 22.7. The molecule has 3 aromatic heterocycles. The van der Waals surface area contributed by atoms with Crippen molar-refractivity contribution in [3.05, 3.63) is 91.6 Å². The van der Waals surface area contributed by atoms with E-state index < -0.39 is 0 Å². The molecule has 0 saturated heterocycles. The molecule has 31 heavy (non-hydrogen) atoms. The summed E-state index contributed by atoms with van der Waals surface area (Å²) in [4.78, 5) is 23.8. The first kappa shape index (κ1) is 19.5. The Hall–Kier alpha value is -3.50. The van der Waals surface area contributed by atoms with E-state index in [1.807, 2.05) is 53.8 Å². The molecule has 10 heteroatoms. The lowest BCUT2D eigenvalue weighted by Crippen LogP contribution is -2.21. The molecule has 0 fully saturated rings. The molecule has 0 saturated carbocycles. The average molecular weight is 450 g/mol. The highest BCUT2D eigenvalue weighted by molar-refractivity contribution is 7.98. The van der Waals surface area contributed by atoms with Gasteiger partial charge in [0.1, 0.15) is 0 Å². The zero-order valence-corrected chi connectivity index (χ0v) is 17.9. The molecule has 2 aromatic carbocycles. The van der Waals surface area contributed by atoms with Crippen molar-refractivity contribution in [1.29, 1.82) is 0 Å². The van der Waals surface area contributed by atoms with Gasteiger partial charge in [0.25, 0.3) is 5.56 Å². The van der Waals surface area contributed by atoms with Crippen LogP contribution in [0.2, 0.25) is 0 Å². The number of para-hydroxylation sites is 1. The fourth-order valence-electron chi connectivity index (χ4n) is 3.38. The van der Waals surface area contributed by atoms with Crippen molar-refractivity contribution in [1.82, 2.24) is 19.2 Å². The lowest BCUT2D eigenvalue weighted by molar-refractivity contribution is -0.380. The third kappa shape index (κ3) is 3.39. The zero-order chi connectivity index (χ0) is 21.5. The summed E-state index contributed by atoms with van der Waals surface area (Å²) in [5.74, 6) is 0.926. The molecule has 8 nitrogen and oxygen atoms in total. The first-order chi connectivity index (χ1) is 15.0. The van der Waals surface area contributed by atoms with Crippen molar-refractivity contribution in [2.24, 2.45) is 0 Å². The standard InChI is InChI=1S/C21H15N5O3S2/c1-13-6-8-15(9-7-13)24-19(27)16-4-2-3-5-17(16)25-20(24)22-23-21(25)31-12-14-10-18(26(28)29)30-11-14/h2-11H,12H2,1H3. The van der Waals surface area contributed by atoms with Gasteiger partial charge >= 0.3 is 5.00 Å². The van der Waals surface area contributed by atoms with Crippen molar-refractivity contribution < 1.29 is 4.92 Å². The number of thioether (sulfide) groups is 1. The van der Waals surface area contributed by atoms with E-state index in [0.29, 0.717) is 27.8 Å². The number of nitrogens with zero attached hydrogens (tertiary/aromatic N) is 5. The molecule has 0 unspecified atom stereocenters. The van der Waals surface area contributed by atoms with E-state index in [9.17, 15) is 14.9 Å². The molecular weight excluding hydrogens is 434 g/mol. The summed E-state index contributed by atoms with van der Waals surface area (Å²) in [5.41, 5.74) is 3.20. The Bertz CT molecular complexity index is 1500.